The molecule has 1 saturated heterocycles. The van der Waals surface area contributed by atoms with Gasteiger partial charge in [-0.1, -0.05) is 12.1 Å². The predicted octanol–water partition coefficient (Wildman–Crippen LogP) is 0.570. The van der Waals surface area contributed by atoms with Crippen LogP contribution in [0.15, 0.2) is 24.3 Å². The molecule has 0 spiro atoms. The zero-order valence-electron chi connectivity index (χ0n) is 12.3. The molecule has 1 heterocycles. The minimum Gasteiger partial charge on any atom is -0.389 e. The quantitative estimate of drug-likeness (QED) is 0.718. The van der Waals surface area contributed by atoms with Gasteiger partial charge < -0.3 is 20.5 Å². The Morgan fingerprint density at radius 1 is 1.32 bits per heavy atom. The first-order valence-corrected chi connectivity index (χ1v) is 7.68. The van der Waals surface area contributed by atoms with Crippen molar-refractivity contribution in [3.63, 3.8) is 0 Å². The van der Waals surface area contributed by atoms with Crippen molar-refractivity contribution < 1.29 is 19.0 Å². The molecule has 22 heavy (non-hydrogen) atoms. The number of amides is 1. The molecule has 1 aliphatic carbocycles. The molecular formula is C16H21FN2O3. The summed E-state index contributed by atoms with van der Waals surface area (Å²) < 4.78 is 18.4. The Morgan fingerprint density at radius 2 is 2.05 bits per heavy atom. The van der Waals surface area contributed by atoms with Gasteiger partial charge in [-0.05, 0) is 30.5 Å². The Balaban J connectivity index is 1.43. The Morgan fingerprint density at radius 3 is 2.73 bits per heavy atom. The van der Waals surface area contributed by atoms with Crippen LogP contribution in [0.1, 0.15) is 18.4 Å². The highest BCUT2D eigenvalue weighted by molar-refractivity contribution is 5.80. The van der Waals surface area contributed by atoms with Crippen LogP contribution < -0.4 is 10.6 Å². The normalized spacial score (nSPS) is 27.8. The molecular weight excluding hydrogens is 287 g/mol. The van der Waals surface area contributed by atoms with Crippen LogP contribution in [0.4, 0.5) is 4.39 Å². The van der Waals surface area contributed by atoms with Crippen LogP contribution in [-0.4, -0.2) is 42.4 Å². The SMILES string of the molecule is O=C(NC[C@H]1OC[C@@H](NCc2ccc(F)cc2)[C@@H]1O)C1CC1. The van der Waals surface area contributed by atoms with Gasteiger partial charge in [-0.15, -0.1) is 0 Å². The van der Waals surface area contributed by atoms with E-state index in [4.69, 9.17) is 4.74 Å². The molecule has 3 N–H and O–H groups in total. The highest BCUT2D eigenvalue weighted by atomic mass is 19.1. The van der Waals surface area contributed by atoms with E-state index in [9.17, 15) is 14.3 Å². The molecule has 5 nitrogen and oxygen atoms in total. The fourth-order valence-corrected chi connectivity index (χ4v) is 2.59. The lowest BCUT2D eigenvalue weighted by Gasteiger charge is -2.19. The molecule has 3 atom stereocenters. The second kappa shape index (κ2) is 6.73. The zero-order chi connectivity index (χ0) is 15.5. The number of carbonyl (C=O) groups is 1. The molecule has 1 aromatic rings. The van der Waals surface area contributed by atoms with Crippen molar-refractivity contribution in [3.05, 3.63) is 35.6 Å². The van der Waals surface area contributed by atoms with E-state index < -0.39 is 6.10 Å². The smallest absolute Gasteiger partial charge is 0.223 e. The molecule has 0 bridgehead atoms. The summed E-state index contributed by atoms with van der Waals surface area (Å²) in [5.41, 5.74) is 0.944. The average Bonchev–Trinajstić information content (AvgIpc) is 3.30. The highest BCUT2D eigenvalue weighted by Crippen LogP contribution is 2.28. The fourth-order valence-electron chi connectivity index (χ4n) is 2.59. The van der Waals surface area contributed by atoms with Gasteiger partial charge in [0, 0.05) is 19.0 Å². The van der Waals surface area contributed by atoms with Gasteiger partial charge in [-0.25, -0.2) is 4.39 Å². The lowest BCUT2D eigenvalue weighted by Crippen LogP contribution is -2.44. The van der Waals surface area contributed by atoms with Crippen molar-refractivity contribution in [1.29, 1.82) is 0 Å². The summed E-state index contributed by atoms with van der Waals surface area (Å²) in [5, 5.41) is 16.3. The highest BCUT2D eigenvalue weighted by Gasteiger charge is 2.37. The Kier molecular flexibility index (Phi) is 4.71. The van der Waals surface area contributed by atoms with Crippen molar-refractivity contribution in [2.75, 3.05) is 13.2 Å². The fraction of sp³-hybridized carbons (Fsp3) is 0.562. The summed E-state index contributed by atoms with van der Waals surface area (Å²) in [6.45, 7) is 1.27. The van der Waals surface area contributed by atoms with Crippen LogP contribution in [-0.2, 0) is 16.1 Å². The van der Waals surface area contributed by atoms with Gasteiger partial charge in [0.1, 0.15) is 11.9 Å². The van der Waals surface area contributed by atoms with E-state index in [1.165, 1.54) is 12.1 Å². The van der Waals surface area contributed by atoms with E-state index >= 15 is 0 Å². The van der Waals surface area contributed by atoms with Crippen LogP contribution in [0, 0.1) is 11.7 Å². The van der Waals surface area contributed by atoms with Crippen LogP contribution in [0.25, 0.3) is 0 Å². The number of hydrogen-bond donors (Lipinski definition) is 3. The first-order valence-electron chi connectivity index (χ1n) is 7.68. The second-order valence-corrected chi connectivity index (χ2v) is 6.00. The van der Waals surface area contributed by atoms with E-state index in [0.717, 1.165) is 18.4 Å². The van der Waals surface area contributed by atoms with E-state index in [1.807, 2.05) is 0 Å². The Bertz CT molecular complexity index is 519. The summed E-state index contributed by atoms with van der Waals surface area (Å²) in [7, 11) is 0. The van der Waals surface area contributed by atoms with Gasteiger partial charge in [0.15, 0.2) is 0 Å². The largest absolute Gasteiger partial charge is 0.389 e. The first-order chi connectivity index (χ1) is 10.6. The summed E-state index contributed by atoms with van der Waals surface area (Å²) in [6.07, 6.45) is 0.872. The molecule has 3 rings (SSSR count). The third kappa shape index (κ3) is 3.82. The third-order valence-corrected chi connectivity index (χ3v) is 4.19. The number of rotatable bonds is 6. The number of benzene rings is 1. The van der Waals surface area contributed by atoms with Crippen molar-refractivity contribution in [2.24, 2.45) is 5.92 Å². The molecule has 0 aromatic heterocycles. The Hall–Kier alpha value is -1.50. The second-order valence-electron chi connectivity index (χ2n) is 6.00. The minimum atomic E-state index is -0.667. The van der Waals surface area contributed by atoms with Gasteiger partial charge in [0.25, 0.3) is 0 Å². The topological polar surface area (TPSA) is 70.6 Å². The molecule has 6 heteroatoms. The number of nitrogens with one attached hydrogen (secondary N) is 2. The summed E-state index contributed by atoms with van der Waals surface area (Å²) in [6, 6.07) is 6.05. The first kappa shape index (κ1) is 15.4. The van der Waals surface area contributed by atoms with Crippen molar-refractivity contribution >= 4 is 5.91 Å². The molecule has 0 unspecified atom stereocenters. The Labute approximate surface area is 128 Å². The molecule has 2 fully saturated rings. The maximum absolute atomic E-state index is 12.8. The van der Waals surface area contributed by atoms with Crippen molar-refractivity contribution in [3.8, 4) is 0 Å². The van der Waals surface area contributed by atoms with E-state index in [2.05, 4.69) is 10.6 Å². The lowest BCUT2D eigenvalue weighted by atomic mass is 10.1. The number of halogens is 1. The van der Waals surface area contributed by atoms with Crippen molar-refractivity contribution in [2.45, 2.75) is 37.6 Å². The van der Waals surface area contributed by atoms with Crippen LogP contribution in [0.5, 0.6) is 0 Å². The molecule has 1 saturated carbocycles. The van der Waals surface area contributed by atoms with Gasteiger partial charge in [-0.2, -0.15) is 0 Å². The van der Waals surface area contributed by atoms with E-state index in [0.29, 0.717) is 19.7 Å². The summed E-state index contributed by atoms with van der Waals surface area (Å²) in [4.78, 5) is 11.6. The number of carbonyl (C=O) groups excluding carboxylic acids is 1. The molecule has 1 aliphatic heterocycles. The minimum absolute atomic E-state index is 0.0542. The van der Waals surface area contributed by atoms with E-state index in [-0.39, 0.29) is 29.8 Å². The maximum atomic E-state index is 12.8. The number of ether oxygens (including phenoxy) is 1. The molecule has 2 aliphatic rings. The third-order valence-electron chi connectivity index (χ3n) is 4.19. The standard InChI is InChI=1S/C16H21FN2O3/c17-12-5-1-10(2-6-12)7-18-13-9-22-14(15(13)20)8-19-16(21)11-3-4-11/h1-2,5-6,11,13-15,18,20H,3-4,7-9H2,(H,19,21)/t13-,14-,15+/m1/s1. The number of aliphatic hydroxyl groups is 1. The molecule has 0 radical (unpaired) electrons. The monoisotopic (exact) mass is 308 g/mol. The zero-order valence-corrected chi connectivity index (χ0v) is 12.3. The predicted molar refractivity (Wildman–Crippen MR) is 78.5 cm³/mol. The van der Waals surface area contributed by atoms with Crippen molar-refractivity contribution in [1.82, 2.24) is 10.6 Å². The summed E-state index contributed by atoms with van der Waals surface area (Å²) >= 11 is 0. The van der Waals surface area contributed by atoms with Crippen LogP contribution in [0.2, 0.25) is 0 Å². The number of aliphatic hydroxyl groups excluding tert-OH is 1. The van der Waals surface area contributed by atoms with Crippen LogP contribution in [0.3, 0.4) is 0 Å². The van der Waals surface area contributed by atoms with Crippen LogP contribution >= 0.6 is 0 Å². The average molecular weight is 308 g/mol. The van der Waals surface area contributed by atoms with Gasteiger partial charge in [0.2, 0.25) is 5.91 Å². The maximum Gasteiger partial charge on any atom is 0.223 e. The van der Waals surface area contributed by atoms with Gasteiger partial charge in [-0.3, -0.25) is 4.79 Å². The van der Waals surface area contributed by atoms with Gasteiger partial charge in [0.05, 0.1) is 18.8 Å². The summed E-state index contributed by atoms with van der Waals surface area (Å²) in [5.74, 6) is -0.0519. The molecule has 1 aromatic carbocycles. The van der Waals surface area contributed by atoms with Gasteiger partial charge >= 0.3 is 0 Å². The lowest BCUT2D eigenvalue weighted by molar-refractivity contribution is -0.123. The molecule has 120 valence electrons. The van der Waals surface area contributed by atoms with E-state index in [1.54, 1.807) is 12.1 Å². The number of hydrogen-bond acceptors (Lipinski definition) is 4. The molecule has 1 amide bonds.